The summed E-state index contributed by atoms with van der Waals surface area (Å²) in [4.78, 5) is 12.6. The van der Waals surface area contributed by atoms with Crippen LogP contribution in [0.2, 0.25) is 0 Å². The number of carbonyl (C=O) groups is 1. The molecule has 2 aliphatic rings. The van der Waals surface area contributed by atoms with Crippen LogP contribution in [0.25, 0.3) is 0 Å². The number of sulfonamides is 1. The van der Waals surface area contributed by atoms with Gasteiger partial charge in [-0.15, -0.1) is 0 Å². The lowest BCUT2D eigenvalue weighted by atomic mass is 9.72. The third-order valence-corrected chi connectivity index (χ3v) is 7.84. The van der Waals surface area contributed by atoms with Crippen molar-refractivity contribution in [3.63, 3.8) is 0 Å². The van der Waals surface area contributed by atoms with Gasteiger partial charge in [-0.3, -0.25) is 4.79 Å². The standard InChI is InChI=1S/C21H31N3O3S/c1-21(2,3)17-8-10-18(11-9-17)22-23-20(25)16-6-12-19(13-7-16)28(26,27)24-14-4-5-15-24/h6-7,12-13,17H,4-5,8-11,14-15H2,1-3H3,(H,23,25). The molecule has 0 bridgehead atoms. The highest BCUT2D eigenvalue weighted by atomic mass is 32.2. The van der Waals surface area contributed by atoms with Crippen LogP contribution in [0.15, 0.2) is 34.3 Å². The highest BCUT2D eigenvalue weighted by Gasteiger charge is 2.28. The van der Waals surface area contributed by atoms with Crippen LogP contribution in [0.3, 0.4) is 0 Å². The van der Waals surface area contributed by atoms with Crippen molar-refractivity contribution in [2.24, 2.45) is 16.4 Å². The second-order valence-corrected chi connectivity index (χ2v) is 10.8. The molecule has 1 N–H and O–H groups in total. The van der Waals surface area contributed by atoms with Gasteiger partial charge in [0.25, 0.3) is 5.91 Å². The van der Waals surface area contributed by atoms with Crippen molar-refractivity contribution in [2.75, 3.05) is 13.1 Å². The van der Waals surface area contributed by atoms with Crippen LogP contribution in [-0.4, -0.2) is 37.4 Å². The first-order valence-electron chi connectivity index (χ1n) is 10.1. The maximum Gasteiger partial charge on any atom is 0.271 e. The van der Waals surface area contributed by atoms with Crippen molar-refractivity contribution in [3.05, 3.63) is 29.8 Å². The Kier molecular flexibility index (Phi) is 6.25. The Balaban J connectivity index is 1.58. The van der Waals surface area contributed by atoms with Crippen molar-refractivity contribution < 1.29 is 13.2 Å². The number of rotatable bonds is 4. The fourth-order valence-electron chi connectivity index (χ4n) is 3.98. The first kappa shape index (κ1) is 21.0. The number of nitrogens with zero attached hydrogens (tertiary/aromatic N) is 2. The Hall–Kier alpha value is -1.73. The number of hydrazone groups is 1. The quantitative estimate of drug-likeness (QED) is 0.774. The molecule has 1 saturated carbocycles. The summed E-state index contributed by atoms with van der Waals surface area (Å²) in [6.07, 6.45) is 5.82. The number of hydrogen-bond donors (Lipinski definition) is 1. The van der Waals surface area contributed by atoms with E-state index in [0.29, 0.717) is 30.0 Å². The van der Waals surface area contributed by atoms with Gasteiger partial charge in [0.15, 0.2) is 0 Å². The van der Waals surface area contributed by atoms with Crippen molar-refractivity contribution in [1.29, 1.82) is 0 Å². The minimum atomic E-state index is -3.45. The predicted octanol–water partition coefficient (Wildman–Crippen LogP) is 3.79. The molecule has 7 heteroatoms. The SMILES string of the molecule is CC(C)(C)C1CCC(=NNC(=O)c2ccc(S(=O)(=O)N3CCCC3)cc2)CC1. The normalized spacial score (nSPS) is 21.5. The molecule has 1 heterocycles. The maximum absolute atomic E-state index is 12.5. The lowest BCUT2D eigenvalue weighted by Gasteiger charge is -2.34. The third kappa shape index (κ3) is 4.81. The Labute approximate surface area is 168 Å². The Bertz CT molecular complexity index is 823. The summed E-state index contributed by atoms with van der Waals surface area (Å²) in [6.45, 7) is 7.95. The van der Waals surface area contributed by atoms with E-state index in [2.05, 4.69) is 31.3 Å². The summed E-state index contributed by atoms with van der Waals surface area (Å²) in [7, 11) is -3.45. The van der Waals surface area contributed by atoms with Crippen LogP contribution in [0.1, 0.15) is 69.7 Å². The number of nitrogens with one attached hydrogen (secondary N) is 1. The zero-order chi connectivity index (χ0) is 20.4. The van der Waals surface area contributed by atoms with Gasteiger partial charge in [0, 0.05) is 24.4 Å². The Morgan fingerprint density at radius 2 is 1.64 bits per heavy atom. The molecule has 6 nitrogen and oxygen atoms in total. The van der Waals surface area contributed by atoms with Crippen LogP contribution < -0.4 is 5.43 Å². The molecule has 1 aliphatic heterocycles. The topological polar surface area (TPSA) is 78.8 Å². The minimum absolute atomic E-state index is 0.234. The lowest BCUT2D eigenvalue weighted by Crippen LogP contribution is -2.28. The molecule has 3 rings (SSSR count). The first-order chi connectivity index (χ1) is 13.2. The van der Waals surface area contributed by atoms with Gasteiger partial charge in [0.2, 0.25) is 10.0 Å². The summed E-state index contributed by atoms with van der Waals surface area (Å²) in [5, 5.41) is 4.30. The molecule has 28 heavy (non-hydrogen) atoms. The zero-order valence-corrected chi connectivity index (χ0v) is 17.9. The molecule has 0 radical (unpaired) electrons. The van der Waals surface area contributed by atoms with Gasteiger partial charge in [-0.05, 0) is 74.1 Å². The monoisotopic (exact) mass is 405 g/mol. The third-order valence-electron chi connectivity index (χ3n) is 5.92. The molecule has 1 aromatic rings. The summed E-state index contributed by atoms with van der Waals surface area (Å²) >= 11 is 0. The van der Waals surface area contributed by atoms with E-state index in [1.54, 1.807) is 12.1 Å². The van der Waals surface area contributed by atoms with E-state index in [1.165, 1.54) is 16.4 Å². The smallest absolute Gasteiger partial charge is 0.267 e. The fourth-order valence-corrected chi connectivity index (χ4v) is 5.50. The van der Waals surface area contributed by atoms with Crippen LogP contribution in [-0.2, 0) is 10.0 Å². The summed E-state index contributed by atoms with van der Waals surface area (Å²) < 4.78 is 26.6. The molecular formula is C21H31N3O3S. The van der Waals surface area contributed by atoms with E-state index >= 15 is 0 Å². The average molecular weight is 406 g/mol. The second kappa shape index (κ2) is 8.33. The number of carbonyl (C=O) groups excluding carboxylic acids is 1. The average Bonchev–Trinajstić information content (AvgIpc) is 3.21. The van der Waals surface area contributed by atoms with Crippen LogP contribution in [0, 0.1) is 11.3 Å². The largest absolute Gasteiger partial charge is 0.271 e. The van der Waals surface area contributed by atoms with E-state index in [0.717, 1.165) is 44.2 Å². The Morgan fingerprint density at radius 1 is 1.07 bits per heavy atom. The summed E-state index contributed by atoms with van der Waals surface area (Å²) in [6, 6.07) is 6.11. The molecule has 1 aliphatic carbocycles. The minimum Gasteiger partial charge on any atom is -0.267 e. The zero-order valence-electron chi connectivity index (χ0n) is 17.1. The summed E-state index contributed by atoms with van der Waals surface area (Å²) in [5.74, 6) is 0.378. The van der Waals surface area contributed by atoms with Crippen LogP contribution >= 0.6 is 0 Å². The first-order valence-corrected chi connectivity index (χ1v) is 11.6. The van der Waals surface area contributed by atoms with Gasteiger partial charge in [-0.25, -0.2) is 13.8 Å². The van der Waals surface area contributed by atoms with Gasteiger partial charge in [-0.2, -0.15) is 9.41 Å². The lowest BCUT2D eigenvalue weighted by molar-refractivity contribution is 0.0954. The number of amides is 1. The van der Waals surface area contributed by atoms with Gasteiger partial charge in [0.1, 0.15) is 0 Å². The molecule has 1 aromatic carbocycles. The van der Waals surface area contributed by atoms with Crippen molar-refractivity contribution in [3.8, 4) is 0 Å². The van der Waals surface area contributed by atoms with Gasteiger partial charge >= 0.3 is 0 Å². The van der Waals surface area contributed by atoms with Crippen molar-refractivity contribution in [1.82, 2.24) is 9.73 Å². The fraction of sp³-hybridized carbons (Fsp3) is 0.619. The van der Waals surface area contributed by atoms with Gasteiger partial charge < -0.3 is 0 Å². The van der Waals surface area contributed by atoms with Crippen LogP contribution in [0.4, 0.5) is 0 Å². The van der Waals surface area contributed by atoms with E-state index < -0.39 is 10.0 Å². The van der Waals surface area contributed by atoms with E-state index in [-0.39, 0.29) is 10.8 Å². The molecule has 0 unspecified atom stereocenters. The van der Waals surface area contributed by atoms with Crippen molar-refractivity contribution in [2.45, 2.75) is 64.2 Å². The Morgan fingerprint density at radius 3 is 2.18 bits per heavy atom. The predicted molar refractivity (Wildman–Crippen MR) is 111 cm³/mol. The van der Waals surface area contributed by atoms with E-state index in [1.807, 2.05) is 0 Å². The highest BCUT2D eigenvalue weighted by molar-refractivity contribution is 7.89. The number of hydrogen-bond acceptors (Lipinski definition) is 4. The van der Waals surface area contributed by atoms with Gasteiger partial charge in [-0.1, -0.05) is 20.8 Å². The molecule has 2 fully saturated rings. The maximum atomic E-state index is 12.5. The van der Waals surface area contributed by atoms with Gasteiger partial charge in [0.05, 0.1) is 4.90 Å². The van der Waals surface area contributed by atoms with Crippen LogP contribution in [0.5, 0.6) is 0 Å². The second-order valence-electron chi connectivity index (χ2n) is 8.89. The molecule has 154 valence electrons. The molecule has 0 spiro atoms. The van der Waals surface area contributed by atoms with E-state index in [4.69, 9.17) is 0 Å². The molecule has 1 saturated heterocycles. The summed E-state index contributed by atoms with van der Waals surface area (Å²) in [5.41, 5.74) is 4.38. The van der Waals surface area contributed by atoms with Crippen molar-refractivity contribution >= 4 is 21.6 Å². The molecule has 0 atom stereocenters. The molecular weight excluding hydrogens is 374 g/mol. The van der Waals surface area contributed by atoms with E-state index in [9.17, 15) is 13.2 Å². The highest BCUT2D eigenvalue weighted by Crippen LogP contribution is 2.36. The molecule has 0 aromatic heterocycles. The number of benzene rings is 1. The molecule has 1 amide bonds.